The molecule has 1 fully saturated rings. The van der Waals surface area contributed by atoms with Gasteiger partial charge < -0.3 is 9.64 Å². The molecule has 0 spiro atoms. The minimum absolute atomic E-state index is 0.506. The number of methoxy groups -OCH3 is 1. The summed E-state index contributed by atoms with van der Waals surface area (Å²) in [5, 5.41) is 0. The molecular weight excluding hydrogens is 282 g/mol. The molecule has 94 valence electrons. The lowest BCUT2D eigenvalue weighted by atomic mass is 9.99. The van der Waals surface area contributed by atoms with Crippen LogP contribution in [0, 0.1) is 12.8 Å². The van der Waals surface area contributed by atoms with Crippen molar-refractivity contribution in [1.82, 2.24) is 9.97 Å². The summed E-state index contributed by atoms with van der Waals surface area (Å²) in [5.74, 6) is 2.12. The first-order valence-corrected chi connectivity index (χ1v) is 6.80. The minimum atomic E-state index is 0.506. The second kappa shape index (κ2) is 5.21. The minimum Gasteiger partial charge on any atom is -0.481 e. The third-order valence-corrected chi connectivity index (χ3v) is 4.37. The van der Waals surface area contributed by atoms with E-state index in [0.717, 1.165) is 31.2 Å². The first-order valence-electron chi connectivity index (χ1n) is 5.89. The van der Waals surface area contributed by atoms with Crippen molar-refractivity contribution in [3.8, 4) is 5.88 Å². The van der Waals surface area contributed by atoms with Crippen LogP contribution in [0.5, 0.6) is 5.88 Å². The van der Waals surface area contributed by atoms with Gasteiger partial charge >= 0.3 is 0 Å². The molecule has 0 amide bonds. The Hall–Kier alpha value is -0.840. The highest BCUT2D eigenvalue weighted by Gasteiger charge is 2.25. The highest BCUT2D eigenvalue weighted by Crippen LogP contribution is 2.26. The molecule has 0 saturated carbocycles. The zero-order valence-electron chi connectivity index (χ0n) is 10.5. The van der Waals surface area contributed by atoms with Gasteiger partial charge in [0.15, 0.2) is 0 Å². The molecule has 0 bridgehead atoms. The van der Waals surface area contributed by atoms with Gasteiger partial charge in [0.25, 0.3) is 0 Å². The van der Waals surface area contributed by atoms with E-state index < -0.39 is 0 Å². The van der Waals surface area contributed by atoms with Gasteiger partial charge in [-0.05, 0) is 19.3 Å². The topological polar surface area (TPSA) is 38.2 Å². The predicted octanol–water partition coefficient (Wildman–Crippen LogP) is 2.40. The summed E-state index contributed by atoms with van der Waals surface area (Å²) in [6.07, 6.45) is 1.16. The molecule has 1 aromatic heterocycles. The third kappa shape index (κ3) is 2.89. The number of anilines is 1. The fourth-order valence-corrected chi connectivity index (χ4v) is 2.59. The van der Waals surface area contributed by atoms with Gasteiger partial charge in [0, 0.05) is 29.7 Å². The summed E-state index contributed by atoms with van der Waals surface area (Å²) in [6, 6.07) is 1.85. The maximum Gasteiger partial charge on any atom is 0.228 e. The molecule has 5 heteroatoms. The number of rotatable bonds is 2. The smallest absolute Gasteiger partial charge is 0.228 e. The lowest BCUT2D eigenvalue weighted by Gasteiger charge is -2.34. The standard InChI is InChI=1S/C12H18BrN3O/c1-8-4-5-16(7-10(8)13)12-14-9(2)6-11(15-12)17-3/h6,8,10H,4-5,7H2,1-3H3. The van der Waals surface area contributed by atoms with E-state index in [9.17, 15) is 0 Å². The summed E-state index contributed by atoms with van der Waals surface area (Å²) in [6.45, 7) is 6.20. The van der Waals surface area contributed by atoms with E-state index in [4.69, 9.17) is 4.74 Å². The Morgan fingerprint density at radius 3 is 2.88 bits per heavy atom. The van der Waals surface area contributed by atoms with E-state index in [1.165, 1.54) is 0 Å². The van der Waals surface area contributed by atoms with E-state index in [-0.39, 0.29) is 0 Å². The van der Waals surface area contributed by atoms with E-state index in [1.54, 1.807) is 7.11 Å². The quantitative estimate of drug-likeness (QED) is 0.786. The normalized spacial score (nSPS) is 24.8. The first-order chi connectivity index (χ1) is 8.10. The summed E-state index contributed by atoms with van der Waals surface area (Å²) in [5.41, 5.74) is 0.941. The molecule has 2 rings (SSSR count). The zero-order valence-corrected chi connectivity index (χ0v) is 12.1. The number of hydrogen-bond acceptors (Lipinski definition) is 4. The number of halogens is 1. The van der Waals surface area contributed by atoms with Crippen molar-refractivity contribution in [3.63, 3.8) is 0 Å². The molecule has 4 nitrogen and oxygen atoms in total. The lowest BCUT2D eigenvalue weighted by Crippen LogP contribution is -2.41. The van der Waals surface area contributed by atoms with Crippen molar-refractivity contribution in [2.24, 2.45) is 5.92 Å². The van der Waals surface area contributed by atoms with Crippen LogP contribution in [0.1, 0.15) is 19.0 Å². The van der Waals surface area contributed by atoms with Gasteiger partial charge in [-0.2, -0.15) is 4.98 Å². The fourth-order valence-electron chi connectivity index (χ4n) is 1.97. The number of aromatic nitrogens is 2. The van der Waals surface area contributed by atoms with Crippen LogP contribution in [0.15, 0.2) is 6.07 Å². The van der Waals surface area contributed by atoms with Crippen molar-refractivity contribution in [2.75, 3.05) is 25.1 Å². The molecule has 2 heterocycles. The van der Waals surface area contributed by atoms with Crippen molar-refractivity contribution in [1.29, 1.82) is 0 Å². The maximum atomic E-state index is 5.18. The van der Waals surface area contributed by atoms with Crippen LogP contribution in [0.2, 0.25) is 0 Å². The van der Waals surface area contributed by atoms with Gasteiger partial charge in [-0.25, -0.2) is 4.98 Å². The number of alkyl halides is 1. The maximum absolute atomic E-state index is 5.18. The average Bonchev–Trinajstić information content (AvgIpc) is 2.32. The first kappa shape index (κ1) is 12.6. The predicted molar refractivity (Wildman–Crippen MR) is 72.0 cm³/mol. The molecule has 0 aromatic carbocycles. The Bertz CT molecular complexity index is 399. The van der Waals surface area contributed by atoms with Gasteiger partial charge in [0.1, 0.15) is 0 Å². The van der Waals surface area contributed by atoms with Gasteiger partial charge in [-0.1, -0.05) is 22.9 Å². The molecule has 17 heavy (non-hydrogen) atoms. The molecule has 1 aliphatic rings. The van der Waals surface area contributed by atoms with E-state index >= 15 is 0 Å². The largest absolute Gasteiger partial charge is 0.481 e. The summed E-state index contributed by atoms with van der Waals surface area (Å²) >= 11 is 3.72. The Balaban J connectivity index is 2.19. The summed E-state index contributed by atoms with van der Waals surface area (Å²) in [7, 11) is 1.64. The second-order valence-corrected chi connectivity index (χ2v) is 5.76. The van der Waals surface area contributed by atoms with Crippen molar-refractivity contribution in [2.45, 2.75) is 25.1 Å². The number of nitrogens with zero attached hydrogens (tertiary/aromatic N) is 3. The Labute approximate surface area is 111 Å². The lowest BCUT2D eigenvalue weighted by molar-refractivity contribution is 0.394. The monoisotopic (exact) mass is 299 g/mol. The SMILES string of the molecule is COc1cc(C)nc(N2CCC(C)C(Br)C2)n1. The van der Waals surface area contributed by atoms with Crippen LogP contribution >= 0.6 is 15.9 Å². The van der Waals surface area contributed by atoms with Crippen LogP contribution in [0.3, 0.4) is 0 Å². The molecule has 0 radical (unpaired) electrons. The van der Waals surface area contributed by atoms with Crippen molar-refractivity contribution < 1.29 is 4.74 Å². The highest BCUT2D eigenvalue weighted by molar-refractivity contribution is 9.09. The van der Waals surface area contributed by atoms with Crippen LogP contribution < -0.4 is 9.64 Å². The molecule has 1 saturated heterocycles. The van der Waals surface area contributed by atoms with Gasteiger partial charge in [0.05, 0.1) is 7.11 Å². The van der Waals surface area contributed by atoms with E-state index in [2.05, 4.69) is 37.7 Å². The molecule has 2 atom stereocenters. The van der Waals surface area contributed by atoms with Crippen molar-refractivity contribution in [3.05, 3.63) is 11.8 Å². The molecule has 0 N–H and O–H groups in total. The van der Waals surface area contributed by atoms with Gasteiger partial charge in [-0.3, -0.25) is 0 Å². The summed E-state index contributed by atoms with van der Waals surface area (Å²) in [4.78, 5) is 11.6. The Morgan fingerprint density at radius 1 is 1.47 bits per heavy atom. The fraction of sp³-hybridized carbons (Fsp3) is 0.667. The highest BCUT2D eigenvalue weighted by atomic mass is 79.9. The third-order valence-electron chi connectivity index (χ3n) is 3.18. The number of ether oxygens (including phenoxy) is 1. The summed E-state index contributed by atoms with van der Waals surface area (Å²) < 4.78 is 5.18. The number of hydrogen-bond donors (Lipinski definition) is 0. The van der Waals surface area contributed by atoms with Gasteiger partial charge in [-0.15, -0.1) is 0 Å². The number of piperidine rings is 1. The van der Waals surface area contributed by atoms with Crippen LogP contribution in [-0.4, -0.2) is 35.0 Å². The molecule has 0 aliphatic carbocycles. The zero-order chi connectivity index (χ0) is 12.4. The van der Waals surface area contributed by atoms with Gasteiger partial charge in [0.2, 0.25) is 11.8 Å². The molecule has 1 aliphatic heterocycles. The van der Waals surface area contributed by atoms with Crippen molar-refractivity contribution >= 4 is 21.9 Å². The van der Waals surface area contributed by atoms with Crippen LogP contribution in [0.25, 0.3) is 0 Å². The second-order valence-electron chi connectivity index (χ2n) is 4.58. The van der Waals surface area contributed by atoms with E-state index in [0.29, 0.717) is 16.6 Å². The average molecular weight is 300 g/mol. The molecular formula is C12H18BrN3O. The van der Waals surface area contributed by atoms with Crippen LogP contribution in [0.4, 0.5) is 5.95 Å². The Morgan fingerprint density at radius 2 is 2.24 bits per heavy atom. The number of aryl methyl sites for hydroxylation is 1. The molecule has 1 aromatic rings. The van der Waals surface area contributed by atoms with E-state index in [1.807, 2.05) is 13.0 Å². The van der Waals surface area contributed by atoms with Crippen LogP contribution in [-0.2, 0) is 0 Å². The Kier molecular flexibility index (Phi) is 3.86. The molecule has 2 unspecified atom stereocenters.